The van der Waals surface area contributed by atoms with E-state index in [1.54, 1.807) is 11.0 Å². The topological polar surface area (TPSA) is 102 Å². The van der Waals surface area contributed by atoms with Gasteiger partial charge in [0.25, 0.3) is 5.91 Å². The van der Waals surface area contributed by atoms with Crippen LogP contribution in [0.15, 0.2) is 24.3 Å². The van der Waals surface area contributed by atoms with Crippen LogP contribution >= 0.6 is 0 Å². The molecule has 9 heteroatoms. The monoisotopic (exact) mass is 337 g/mol. The molecule has 0 aromatic heterocycles. The van der Waals surface area contributed by atoms with Crippen LogP contribution in [0.25, 0.3) is 0 Å². The van der Waals surface area contributed by atoms with E-state index in [1.807, 2.05) is 0 Å². The molecule has 0 unspecified atom stereocenters. The van der Waals surface area contributed by atoms with Gasteiger partial charge in [-0.2, -0.15) is 0 Å². The molecule has 130 valence electrons. The zero-order valence-electron chi connectivity index (χ0n) is 13.3. The number of para-hydroxylation sites is 2. The summed E-state index contributed by atoms with van der Waals surface area (Å²) < 4.78 is 10.4. The Morgan fingerprint density at radius 2 is 2.00 bits per heavy atom. The second kappa shape index (κ2) is 8.25. The normalized spacial score (nSPS) is 14.1. The van der Waals surface area contributed by atoms with Crippen LogP contribution in [0.1, 0.15) is 0 Å². The van der Waals surface area contributed by atoms with E-state index in [1.165, 1.54) is 30.1 Å². The predicted molar refractivity (Wildman–Crippen MR) is 83.6 cm³/mol. The maximum Gasteiger partial charge on any atom is 0.310 e. The minimum absolute atomic E-state index is 0.0174. The maximum atomic E-state index is 12.1. The van der Waals surface area contributed by atoms with Crippen LogP contribution in [0.4, 0.5) is 5.69 Å². The van der Waals surface area contributed by atoms with E-state index in [-0.39, 0.29) is 30.5 Å². The van der Waals surface area contributed by atoms with Crippen molar-refractivity contribution < 1.29 is 24.0 Å². The first-order valence-corrected chi connectivity index (χ1v) is 7.44. The summed E-state index contributed by atoms with van der Waals surface area (Å²) in [6.07, 6.45) is 0. The molecule has 1 heterocycles. The van der Waals surface area contributed by atoms with Crippen molar-refractivity contribution in [2.24, 2.45) is 0 Å². The van der Waals surface area contributed by atoms with E-state index in [2.05, 4.69) is 0 Å². The summed E-state index contributed by atoms with van der Waals surface area (Å²) in [5, 5.41) is 10.9. The number of ether oxygens (including phenoxy) is 2. The van der Waals surface area contributed by atoms with Crippen molar-refractivity contribution in [1.82, 2.24) is 9.80 Å². The van der Waals surface area contributed by atoms with Crippen molar-refractivity contribution in [3.05, 3.63) is 34.4 Å². The van der Waals surface area contributed by atoms with Crippen LogP contribution < -0.4 is 4.74 Å². The van der Waals surface area contributed by atoms with E-state index in [9.17, 15) is 19.7 Å². The van der Waals surface area contributed by atoms with Gasteiger partial charge in [-0.1, -0.05) is 12.1 Å². The first-order valence-electron chi connectivity index (χ1n) is 7.44. The largest absolute Gasteiger partial charge is 0.477 e. The average Bonchev–Trinajstić information content (AvgIpc) is 2.60. The van der Waals surface area contributed by atoms with Crippen molar-refractivity contribution in [3.63, 3.8) is 0 Å². The van der Waals surface area contributed by atoms with Gasteiger partial charge in [-0.05, 0) is 6.07 Å². The van der Waals surface area contributed by atoms with Crippen LogP contribution in [0.3, 0.4) is 0 Å². The maximum absolute atomic E-state index is 12.1. The number of rotatable bonds is 6. The Hall–Kier alpha value is -2.68. The van der Waals surface area contributed by atoms with Gasteiger partial charge in [-0.3, -0.25) is 19.7 Å². The zero-order valence-corrected chi connectivity index (χ0v) is 13.3. The first-order chi connectivity index (χ1) is 11.5. The standard InChI is InChI=1S/C15H19N3O6/c1-16(10-14(19)17-6-8-23-9-7-17)15(20)11-24-13-5-3-2-4-12(13)18(21)22/h2-5H,6-11H2,1H3. The minimum Gasteiger partial charge on any atom is -0.477 e. The summed E-state index contributed by atoms with van der Waals surface area (Å²) >= 11 is 0. The van der Waals surface area contributed by atoms with Gasteiger partial charge in [0.15, 0.2) is 12.4 Å². The van der Waals surface area contributed by atoms with Gasteiger partial charge >= 0.3 is 5.69 Å². The predicted octanol–water partition coefficient (Wildman–Crippen LogP) is 0.291. The Balaban J connectivity index is 1.85. The number of morpholine rings is 1. The van der Waals surface area contributed by atoms with Gasteiger partial charge in [-0.15, -0.1) is 0 Å². The van der Waals surface area contributed by atoms with Gasteiger partial charge in [0.05, 0.1) is 24.7 Å². The number of nitro groups is 1. The molecule has 1 aromatic carbocycles. The molecule has 0 N–H and O–H groups in total. The van der Waals surface area contributed by atoms with Gasteiger partial charge in [0, 0.05) is 26.2 Å². The summed E-state index contributed by atoms with van der Waals surface area (Å²) in [5.74, 6) is -0.585. The number of amides is 2. The average molecular weight is 337 g/mol. The summed E-state index contributed by atoms with van der Waals surface area (Å²) in [4.78, 5) is 37.3. The Bertz CT molecular complexity index is 615. The first kappa shape index (κ1) is 17.7. The molecule has 2 rings (SSSR count). The van der Waals surface area contributed by atoms with Gasteiger partial charge in [0.1, 0.15) is 0 Å². The number of benzene rings is 1. The van der Waals surface area contributed by atoms with Gasteiger partial charge in [-0.25, -0.2) is 0 Å². The number of hydrogen-bond donors (Lipinski definition) is 0. The molecule has 1 aromatic rings. The highest BCUT2D eigenvalue weighted by Crippen LogP contribution is 2.25. The quantitative estimate of drug-likeness (QED) is 0.546. The summed E-state index contributed by atoms with van der Waals surface area (Å²) in [6, 6.07) is 5.81. The van der Waals surface area contributed by atoms with Crippen LogP contribution in [0, 0.1) is 10.1 Å². The molecule has 24 heavy (non-hydrogen) atoms. The number of nitro benzene ring substituents is 1. The Kier molecular flexibility index (Phi) is 6.07. The Labute approximate surface area is 138 Å². The zero-order chi connectivity index (χ0) is 17.5. The summed E-state index contributed by atoms with van der Waals surface area (Å²) in [5.41, 5.74) is -0.211. The van der Waals surface area contributed by atoms with E-state index >= 15 is 0 Å². The van der Waals surface area contributed by atoms with E-state index in [4.69, 9.17) is 9.47 Å². The third kappa shape index (κ3) is 4.66. The smallest absolute Gasteiger partial charge is 0.310 e. The SMILES string of the molecule is CN(CC(=O)N1CCOCC1)C(=O)COc1ccccc1[N+](=O)[O-]. The summed E-state index contributed by atoms with van der Waals surface area (Å²) in [6.45, 7) is 1.55. The fourth-order valence-electron chi connectivity index (χ4n) is 2.18. The molecule has 0 aliphatic carbocycles. The number of likely N-dealkylation sites (N-methyl/N-ethyl adjacent to an activating group) is 1. The minimum atomic E-state index is -0.578. The molecule has 0 saturated carbocycles. The lowest BCUT2D eigenvalue weighted by molar-refractivity contribution is -0.385. The highest BCUT2D eigenvalue weighted by Gasteiger charge is 2.21. The van der Waals surface area contributed by atoms with Crippen LogP contribution in [0.5, 0.6) is 5.75 Å². The highest BCUT2D eigenvalue weighted by molar-refractivity contribution is 5.85. The second-order valence-electron chi connectivity index (χ2n) is 5.26. The van der Waals surface area contributed by atoms with E-state index in [0.29, 0.717) is 26.3 Å². The molecule has 9 nitrogen and oxygen atoms in total. The molecular weight excluding hydrogens is 318 g/mol. The fourth-order valence-corrected chi connectivity index (χ4v) is 2.18. The van der Waals surface area contributed by atoms with Crippen molar-refractivity contribution >= 4 is 17.5 Å². The van der Waals surface area contributed by atoms with E-state index in [0.717, 1.165) is 0 Å². The third-order valence-corrected chi connectivity index (χ3v) is 3.58. The van der Waals surface area contributed by atoms with Crippen LogP contribution in [-0.4, -0.2) is 73.0 Å². The lowest BCUT2D eigenvalue weighted by Crippen LogP contribution is -2.46. The molecule has 0 radical (unpaired) electrons. The summed E-state index contributed by atoms with van der Waals surface area (Å²) in [7, 11) is 1.49. The molecule has 1 aliphatic rings. The van der Waals surface area contributed by atoms with Crippen molar-refractivity contribution in [1.29, 1.82) is 0 Å². The van der Waals surface area contributed by atoms with Gasteiger partial charge in [0.2, 0.25) is 5.91 Å². The number of carbonyl (C=O) groups is 2. The number of carbonyl (C=O) groups excluding carboxylic acids is 2. The Morgan fingerprint density at radius 1 is 1.33 bits per heavy atom. The van der Waals surface area contributed by atoms with Crippen molar-refractivity contribution in [2.45, 2.75) is 0 Å². The third-order valence-electron chi connectivity index (χ3n) is 3.58. The molecule has 0 bridgehead atoms. The highest BCUT2D eigenvalue weighted by atomic mass is 16.6. The number of nitrogens with zero attached hydrogens (tertiary/aromatic N) is 3. The lowest BCUT2D eigenvalue weighted by atomic mass is 10.3. The number of hydrogen-bond acceptors (Lipinski definition) is 6. The molecule has 2 amide bonds. The molecule has 0 spiro atoms. The second-order valence-corrected chi connectivity index (χ2v) is 5.26. The van der Waals surface area contributed by atoms with Crippen LogP contribution in [0.2, 0.25) is 0 Å². The molecule has 0 atom stereocenters. The van der Waals surface area contributed by atoms with Gasteiger partial charge < -0.3 is 19.3 Å². The lowest BCUT2D eigenvalue weighted by Gasteiger charge is -2.28. The molecular formula is C15H19N3O6. The molecule has 1 aliphatic heterocycles. The van der Waals surface area contributed by atoms with Crippen molar-refractivity contribution in [2.75, 3.05) is 46.5 Å². The fraction of sp³-hybridized carbons (Fsp3) is 0.467. The Morgan fingerprint density at radius 3 is 2.67 bits per heavy atom. The molecule has 1 saturated heterocycles. The molecule has 1 fully saturated rings. The van der Waals surface area contributed by atoms with Crippen molar-refractivity contribution in [3.8, 4) is 5.75 Å². The van der Waals surface area contributed by atoms with Crippen LogP contribution in [-0.2, 0) is 14.3 Å². The van der Waals surface area contributed by atoms with E-state index < -0.39 is 10.8 Å².